The summed E-state index contributed by atoms with van der Waals surface area (Å²) >= 11 is 0. The molecule has 0 aliphatic carbocycles. The second-order valence-corrected chi connectivity index (χ2v) is 4.69. The molecule has 17 heavy (non-hydrogen) atoms. The minimum Gasteiger partial charge on any atom is -0.353 e. The van der Waals surface area contributed by atoms with Gasteiger partial charge in [0.25, 0.3) is 0 Å². The average molecular weight is 237 g/mol. The molecule has 0 spiro atoms. The van der Waals surface area contributed by atoms with E-state index in [2.05, 4.69) is 19.2 Å². The van der Waals surface area contributed by atoms with Crippen molar-refractivity contribution in [3.05, 3.63) is 35.6 Å². The molecule has 1 aromatic carbocycles. The van der Waals surface area contributed by atoms with E-state index >= 15 is 0 Å². The van der Waals surface area contributed by atoms with E-state index in [4.69, 9.17) is 0 Å². The molecule has 2 nitrogen and oxygen atoms in total. The van der Waals surface area contributed by atoms with Crippen LogP contribution in [0.2, 0.25) is 0 Å². The van der Waals surface area contributed by atoms with E-state index in [0.717, 1.165) is 0 Å². The van der Waals surface area contributed by atoms with Gasteiger partial charge < -0.3 is 5.32 Å². The molecule has 0 saturated carbocycles. The fourth-order valence-corrected chi connectivity index (χ4v) is 1.44. The van der Waals surface area contributed by atoms with Gasteiger partial charge in [0.2, 0.25) is 5.91 Å². The number of hydrogen-bond donors (Lipinski definition) is 1. The first kappa shape index (κ1) is 13.7. The SMILES string of the molecule is CC(C)C(C)NC(=O)CCc1ccccc1F. The van der Waals surface area contributed by atoms with E-state index in [1.54, 1.807) is 18.2 Å². The molecule has 94 valence electrons. The summed E-state index contributed by atoms with van der Waals surface area (Å²) in [6.07, 6.45) is 0.779. The predicted octanol–water partition coefficient (Wildman–Crippen LogP) is 2.92. The first-order valence-corrected chi connectivity index (χ1v) is 6.03. The maximum Gasteiger partial charge on any atom is 0.220 e. The Labute approximate surface area is 102 Å². The highest BCUT2D eigenvalue weighted by atomic mass is 19.1. The summed E-state index contributed by atoms with van der Waals surface area (Å²) in [6, 6.07) is 6.73. The number of amides is 1. The van der Waals surface area contributed by atoms with Gasteiger partial charge in [0, 0.05) is 12.5 Å². The standard InChI is InChI=1S/C14H20FNO/c1-10(2)11(3)16-14(17)9-8-12-6-4-5-7-13(12)15/h4-7,10-11H,8-9H2,1-3H3,(H,16,17). The van der Waals surface area contributed by atoms with Crippen LogP contribution in [0.15, 0.2) is 24.3 Å². The summed E-state index contributed by atoms with van der Waals surface area (Å²) < 4.78 is 13.3. The van der Waals surface area contributed by atoms with Crippen LogP contribution in [-0.4, -0.2) is 11.9 Å². The Kier molecular flexibility index (Phi) is 5.13. The van der Waals surface area contributed by atoms with Crippen molar-refractivity contribution in [2.24, 2.45) is 5.92 Å². The van der Waals surface area contributed by atoms with Gasteiger partial charge in [0.1, 0.15) is 5.82 Å². The van der Waals surface area contributed by atoms with E-state index < -0.39 is 0 Å². The number of benzene rings is 1. The minimum atomic E-state index is -0.239. The molecule has 3 heteroatoms. The lowest BCUT2D eigenvalue weighted by Gasteiger charge is -2.17. The zero-order valence-electron chi connectivity index (χ0n) is 10.7. The second kappa shape index (κ2) is 6.38. The Hall–Kier alpha value is -1.38. The maximum absolute atomic E-state index is 13.3. The Morgan fingerprint density at radius 3 is 2.53 bits per heavy atom. The number of rotatable bonds is 5. The molecule has 0 aromatic heterocycles. The molecule has 1 aromatic rings. The fraction of sp³-hybridized carbons (Fsp3) is 0.500. The number of carbonyl (C=O) groups is 1. The lowest BCUT2D eigenvalue weighted by molar-refractivity contribution is -0.121. The molecule has 1 N–H and O–H groups in total. The van der Waals surface area contributed by atoms with E-state index in [-0.39, 0.29) is 17.8 Å². The minimum absolute atomic E-state index is 0.0190. The van der Waals surface area contributed by atoms with Gasteiger partial charge in [-0.25, -0.2) is 4.39 Å². The average Bonchev–Trinajstić information content (AvgIpc) is 2.27. The van der Waals surface area contributed by atoms with Gasteiger partial charge in [0.05, 0.1) is 0 Å². The van der Waals surface area contributed by atoms with Gasteiger partial charge in [0.15, 0.2) is 0 Å². The van der Waals surface area contributed by atoms with Crippen molar-refractivity contribution in [3.63, 3.8) is 0 Å². The van der Waals surface area contributed by atoms with Crippen LogP contribution < -0.4 is 5.32 Å². The van der Waals surface area contributed by atoms with Crippen LogP contribution in [0.3, 0.4) is 0 Å². The number of nitrogens with one attached hydrogen (secondary N) is 1. The molecule has 0 saturated heterocycles. The maximum atomic E-state index is 13.3. The normalized spacial score (nSPS) is 12.5. The highest BCUT2D eigenvalue weighted by Gasteiger charge is 2.11. The van der Waals surface area contributed by atoms with Gasteiger partial charge in [-0.05, 0) is 30.9 Å². The molecule has 0 aliphatic heterocycles. The third-order valence-electron chi connectivity index (χ3n) is 2.97. The zero-order valence-corrected chi connectivity index (χ0v) is 10.7. The molecule has 1 rings (SSSR count). The van der Waals surface area contributed by atoms with E-state index in [9.17, 15) is 9.18 Å². The highest BCUT2D eigenvalue weighted by Crippen LogP contribution is 2.09. The highest BCUT2D eigenvalue weighted by molar-refractivity contribution is 5.76. The zero-order chi connectivity index (χ0) is 12.8. The Bertz CT molecular complexity index is 376. The Morgan fingerprint density at radius 2 is 1.94 bits per heavy atom. The summed E-state index contributed by atoms with van der Waals surface area (Å²) in [6.45, 7) is 6.09. The number of aryl methyl sites for hydroxylation is 1. The lowest BCUT2D eigenvalue weighted by Crippen LogP contribution is -2.36. The summed E-state index contributed by atoms with van der Waals surface area (Å²) in [5.74, 6) is 0.152. The molecule has 0 fully saturated rings. The lowest BCUT2D eigenvalue weighted by atomic mass is 10.1. The van der Waals surface area contributed by atoms with Crippen LogP contribution in [-0.2, 0) is 11.2 Å². The predicted molar refractivity (Wildman–Crippen MR) is 67.2 cm³/mol. The monoisotopic (exact) mass is 237 g/mol. The molecule has 0 radical (unpaired) electrons. The van der Waals surface area contributed by atoms with Crippen molar-refractivity contribution >= 4 is 5.91 Å². The Morgan fingerprint density at radius 1 is 1.29 bits per heavy atom. The van der Waals surface area contributed by atoms with Crippen molar-refractivity contribution in [2.45, 2.75) is 39.7 Å². The third kappa shape index (κ3) is 4.55. The van der Waals surface area contributed by atoms with Gasteiger partial charge in [-0.3, -0.25) is 4.79 Å². The molecular weight excluding hydrogens is 217 g/mol. The number of hydrogen-bond acceptors (Lipinski definition) is 1. The molecule has 0 heterocycles. The number of halogens is 1. The largest absolute Gasteiger partial charge is 0.353 e. The third-order valence-corrected chi connectivity index (χ3v) is 2.97. The van der Waals surface area contributed by atoms with E-state index in [0.29, 0.717) is 24.3 Å². The van der Waals surface area contributed by atoms with Crippen LogP contribution in [0.5, 0.6) is 0 Å². The summed E-state index contributed by atoms with van der Waals surface area (Å²) in [4.78, 5) is 11.6. The summed E-state index contributed by atoms with van der Waals surface area (Å²) in [5, 5.41) is 2.91. The Balaban J connectivity index is 2.41. The summed E-state index contributed by atoms with van der Waals surface area (Å²) in [5.41, 5.74) is 0.597. The van der Waals surface area contributed by atoms with Gasteiger partial charge >= 0.3 is 0 Å². The quantitative estimate of drug-likeness (QED) is 0.838. The molecule has 1 atom stereocenters. The topological polar surface area (TPSA) is 29.1 Å². The van der Waals surface area contributed by atoms with Gasteiger partial charge in [-0.2, -0.15) is 0 Å². The molecular formula is C14H20FNO. The first-order chi connectivity index (χ1) is 8.00. The van der Waals surface area contributed by atoms with E-state index in [1.807, 2.05) is 6.92 Å². The first-order valence-electron chi connectivity index (χ1n) is 6.03. The van der Waals surface area contributed by atoms with Crippen LogP contribution >= 0.6 is 0 Å². The van der Waals surface area contributed by atoms with Crippen LogP contribution in [0, 0.1) is 11.7 Å². The van der Waals surface area contributed by atoms with Gasteiger partial charge in [-0.1, -0.05) is 32.0 Å². The van der Waals surface area contributed by atoms with Crippen molar-refractivity contribution in [1.82, 2.24) is 5.32 Å². The second-order valence-electron chi connectivity index (χ2n) is 4.69. The van der Waals surface area contributed by atoms with Crippen LogP contribution in [0.4, 0.5) is 4.39 Å². The van der Waals surface area contributed by atoms with Crippen LogP contribution in [0.25, 0.3) is 0 Å². The van der Waals surface area contributed by atoms with Crippen molar-refractivity contribution in [3.8, 4) is 0 Å². The summed E-state index contributed by atoms with van der Waals surface area (Å²) in [7, 11) is 0. The smallest absolute Gasteiger partial charge is 0.220 e. The fourth-order valence-electron chi connectivity index (χ4n) is 1.44. The van der Waals surface area contributed by atoms with Crippen molar-refractivity contribution < 1.29 is 9.18 Å². The molecule has 1 unspecified atom stereocenters. The van der Waals surface area contributed by atoms with Gasteiger partial charge in [-0.15, -0.1) is 0 Å². The van der Waals surface area contributed by atoms with Crippen molar-refractivity contribution in [1.29, 1.82) is 0 Å². The van der Waals surface area contributed by atoms with E-state index in [1.165, 1.54) is 6.07 Å². The molecule has 0 bridgehead atoms. The number of carbonyl (C=O) groups excluding carboxylic acids is 1. The van der Waals surface area contributed by atoms with Crippen molar-refractivity contribution in [2.75, 3.05) is 0 Å². The molecule has 0 aliphatic rings. The molecule has 1 amide bonds. The van der Waals surface area contributed by atoms with Crippen LogP contribution in [0.1, 0.15) is 32.8 Å².